The molecule has 0 aliphatic heterocycles. The fourth-order valence-electron chi connectivity index (χ4n) is 2.78. The smallest absolute Gasteiger partial charge is 0.178 e. The topological polar surface area (TPSA) is 33.6 Å². The van der Waals surface area contributed by atoms with Gasteiger partial charge in [0.05, 0.1) is 17.2 Å². The monoisotopic (exact) mass is 265 g/mol. The average molecular weight is 265 g/mol. The molecule has 0 spiro atoms. The van der Waals surface area contributed by atoms with Crippen LogP contribution in [0.4, 0.5) is 0 Å². The fourth-order valence-corrected chi connectivity index (χ4v) is 4.10. The molecule has 3 nitrogen and oxygen atoms in total. The van der Waals surface area contributed by atoms with Gasteiger partial charge in [-0.25, -0.2) is 0 Å². The lowest BCUT2D eigenvalue weighted by molar-refractivity contribution is 0.536. The fraction of sp³-hybridized carbons (Fsp3) is 0.500. The Morgan fingerprint density at radius 2 is 2.41 bits per heavy atom. The minimum Gasteiger partial charge on any atom is -0.329 e. The van der Waals surface area contributed by atoms with Crippen molar-refractivity contribution in [2.75, 3.05) is 6.26 Å². The van der Waals surface area contributed by atoms with Gasteiger partial charge in [-0.1, -0.05) is 6.42 Å². The van der Waals surface area contributed by atoms with Gasteiger partial charge < -0.3 is 9.55 Å². The van der Waals surface area contributed by atoms with E-state index in [0.717, 1.165) is 10.3 Å². The molecule has 1 saturated carbocycles. The van der Waals surface area contributed by atoms with E-state index in [4.69, 9.17) is 12.2 Å². The van der Waals surface area contributed by atoms with E-state index in [2.05, 4.69) is 26.9 Å². The van der Waals surface area contributed by atoms with Gasteiger partial charge in [-0.3, -0.25) is 4.98 Å². The van der Waals surface area contributed by atoms with Gasteiger partial charge in [0, 0.05) is 17.5 Å². The first-order valence-electron chi connectivity index (χ1n) is 5.88. The van der Waals surface area contributed by atoms with E-state index in [0.29, 0.717) is 11.3 Å². The highest BCUT2D eigenvalue weighted by atomic mass is 32.2. The van der Waals surface area contributed by atoms with Gasteiger partial charge in [0.25, 0.3) is 0 Å². The van der Waals surface area contributed by atoms with Crippen molar-refractivity contribution in [1.82, 2.24) is 14.5 Å². The Labute approximate surface area is 110 Å². The summed E-state index contributed by atoms with van der Waals surface area (Å²) in [5.74, 6) is 0. The molecule has 90 valence electrons. The molecule has 5 heteroatoms. The summed E-state index contributed by atoms with van der Waals surface area (Å²) in [6, 6.07) is 2.59. The Morgan fingerprint density at radius 1 is 1.53 bits per heavy atom. The number of H-pyrrole nitrogens is 1. The normalized spacial score (nSPS) is 24.5. The molecular formula is C12H15N3S2. The Morgan fingerprint density at radius 3 is 3.24 bits per heavy atom. The molecule has 0 radical (unpaired) electrons. The van der Waals surface area contributed by atoms with Crippen LogP contribution < -0.4 is 0 Å². The number of aromatic amines is 1. The highest BCUT2D eigenvalue weighted by Gasteiger charge is 2.29. The van der Waals surface area contributed by atoms with Crippen molar-refractivity contribution >= 4 is 35.0 Å². The second-order valence-corrected chi connectivity index (χ2v) is 5.93. The van der Waals surface area contributed by atoms with Gasteiger partial charge in [-0.15, -0.1) is 0 Å². The number of nitrogens with zero attached hydrogens (tertiary/aromatic N) is 2. The predicted molar refractivity (Wildman–Crippen MR) is 75.1 cm³/mol. The maximum absolute atomic E-state index is 5.46. The number of fused-ring (bicyclic) bond motifs is 1. The van der Waals surface area contributed by atoms with Crippen molar-refractivity contribution in [2.24, 2.45) is 0 Å². The molecule has 2 aromatic rings. The number of hydrogen-bond donors (Lipinski definition) is 1. The van der Waals surface area contributed by atoms with Crippen molar-refractivity contribution in [2.45, 2.75) is 30.6 Å². The van der Waals surface area contributed by atoms with Crippen LogP contribution in [0.25, 0.3) is 11.0 Å². The van der Waals surface area contributed by atoms with E-state index in [1.165, 1.54) is 24.8 Å². The average Bonchev–Trinajstić information content (AvgIpc) is 2.90. The largest absolute Gasteiger partial charge is 0.329 e. The first kappa shape index (κ1) is 11.3. The molecule has 0 bridgehead atoms. The van der Waals surface area contributed by atoms with Crippen LogP contribution in [0.2, 0.25) is 0 Å². The lowest BCUT2D eigenvalue weighted by Crippen LogP contribution is -2.15. The van der Waals surface area contributed by atoms with Gasteiger partial charge in [0.1, 0.15) is 0 Å². The number of pyridine rings is 1. The zero-order chi connectivity index (χ0) is 11.8. The molecule has 1 fully saturated rings. The third-order valence-corrected chi connectivity index (χ3v) is 5.02. The third-order valence-electron chi connectivity index (χ3n) is 3.57. The summed E-state index contributed by atoms with van der Waals surface area (Å²) in [5.41, 5.74) is 2.24. The number of thioether (sulfide) groups is 1. The van der Waals surface area contributed by atoms with E-state index in [9.17, 15) is 0 Å². The summed E-state index contributed by atoms with van der Waals surface area (Å²) in [5, 5.41) is 0.689. The van der Waals surface area contributed by atoms with E-state index in [-0.39, 0.29) is 0 Å². The first-order valence-corrected chi connectivity index (χ1v) is 7.58. The molecule has 1 aliphatic carbocycles. The standard InChI is InChI=1S/C12H15N3S2/c1-17-11-4-2-3-10(11)15-9-5-6-13-7-8(9)14-12(15)16/h5-7,10-11H,2-4H2,1H3,(H,14,16). The van der Waals surface area contributed by atoms with Crippen LogP contribution >= 0.6 is 24.0 Å². The Kier molecular flexibility index (Phi) is 2.96. The minimum atomic E-state index is 0.536. The van der Waals surface area contributed by atoms with Gasteiger partial charge in [-0.2, -0.15) is 11.8 Å². The van der Waals surface area contributed by atoms with Crippen molar-refractivity contribution in [3.05, 3.63) is 23.2 Å². The molecule has 1 aliphatic rings. The van der Waals surface area contributed by atoms with Crippen LogP contribution in [-0.2, 0) is 0 Å². The molecular weight excluding hydrogens is 250 g/mol. The second-order valence-electron chi connectivity index (χ2n) is 4.47. The number of hydrogen-bond acceptors (Lipinski definition) is 3. The summed E-state index contributed by atoms with van der Waals surface area (Å²) in [7, 11) is 0. The lowest BCUT2D eigenvalue weighted by atomic mass is 10.2. The maximum atomic E-state index is 5.46. The lowest BCUT2D eigenvalue weighted by Gasteiger charge is -2.19. The second kappa shape index (κ2) is 4.46. The molecule has 2 heterocycles. The minimum absolute atomic E-state index is 0.536. The number of aromatic nitrogens is 3. The first-order chi connectivity index (χ1) is 8.31. The highest BCUT2D eigenvalue weighted by molar-refractivity contribution is 7.99. The molecule has 0 amide bonds. The number of nitrogens with one attached hydrogen (secondary N) is 1. The van der Waals surface area contributed by atoms with E-state index >= 15 is 0 Å². The molecule has 2 atom stereocenters. The SMILES string of the molecule is CSC1CCCC1n1c(=S)[nH]c2cnccc21. The molecule has 1 N–H and O–H groups in total. The van der Waals surface area contributed by atoms with Crippen molar-refractivity contribution < 1.29 is 0 Å². The van der Waals surface area contributed by atoms with Crippen molar-refractivity contribution in [3.63, 3.8) is 0 Å². The Hall–Kier alpha value is -0.810. The number of imidazole rings is 1. The molecule has 17 heavy (non-hydrogen) atoms. The third kappa shape index (κ3) is 1.81. The van der Waals surface area contributed by atoms with Gasteiger partial charge >= 0.3 is 0 Å². The van der Waals surface area contributed by atoms with E-state index in [1.54, 1.807) is 0 Å². The van der Waals surface area contributed by atoms with Crippen LogP contribution in [0.5, 0.6) is 0 Å². The van der Waals surface area contributed by atoms with Gasteiger partial charge in [-0.05, 0) is 37.4 Å². The van der Waals surface area contributed by atoms with Crippen molar-refractivity contribution in [3.8, 4) is 0 Å². The van der Waals surface area contributed by atoms with Gasteiger partial charge in [0.15, 0.2) is 4.77 Å². The molecule has 2 unspecified atom stereocenters. The Bertz CT molecular complexity index is 587. The summed E-state index contributed by atoms with van der Waals surface area (Å²) >= 11 is 7.42. The quantitative estimate of drug-likeness (QED) is 0.843. The van der Waals surface area contributed by atoms with Crippen LogP contribution in [0, 0.1) is 4.77 Å². The van der Waals surface area contributed by atoms with Crippen molar-refractivity contribution in [1.29, 1.82) is 0 Å². The Balaban J connectivity index is 2.16. The zero-order valence-corrected chi connectivity index (χ0v) is 11.4. The number of rotatable bonds is 2. The summed E-state index contributed by atoms with van der Waals surface area (Å²) in [6.45, 7) is 0. The van der Waals surface area contributed by atoms with Crippen LogP contribution in [0.1, 0.15) is 25.3 Å². The highest BCUT2D eigenvalue weighted by Crippen LogP contribution is 2.39. The van der Waals surface area contributed by atoms with Crippen LogP contribution in [0.3, 0.4) is 0 Å². The van der Waals surface area contributed by atoms with E-state index in [1.807, 2.05) is 24.2 Å². The summed E-state index contributed by atoms with van der Waals surface area (Å²) in [6.07, 6.45) is 9.72. The van der Waals surface area contributed by atoms with E-state index < -0.39 is 0 Å². The summed E-state index contributed by atoms with van der Waals surface area (Å²) < 4.78 is 3.12. The van der Waals surface area contributed by atoms with Gasteiger partial charge in [0.2, 0.25) is 0 Å². The maximum Gasteiger partial charge on any atom is 0.178 e. The zero-order valence-electron chi connectivity index (χ0n) is 9.72. The van der Waals surface area contributed by atoms with Crippen LogP contribution in [-0.4, -0.2) is 26.0 Å². The molecule has 0 saturated heterocycles. The molecule has 0 aromatic carbocycles. The predicted octanol–water partition coefficient (Wildman–Crippen LogP) is 3.55. The molecule has 3 rings (SSSR count). The molecule has 2 aromatic heterocycles. The summed E-state index contributed by atoms with van der Waals surface area (Å²) in [4.78, 5) is 7.39. The van der Waals surface area contributed by atoms with Crippen LogP contribution in [0.15, 0.2) is 18.5 Å².